The van der Waals surface area contributed by atoms with Crippen molar-refractivity contribution < 1.29 is 9.84 Å². The molecular weight excluding hydrogens is 347 g/mol. The third kappa shape index (κ3) is 4.33. The van der Waals surface area contributed by atoms with E-state index in [-0.39, 0.29) is 24.2 Å². The highest BCUT2D eigenvalue weighted by Gasteiger charge is 2.24. The third-order valence-electron chi connectivity index (χ3n) is 4.22. The van der Waals surface area contributed by atoms with Crippen LogP contribution in [-0.2, 0) is 6.54 Å². The van der Waals surface area contributed by atoms with E-state index in [2.05, 4.69) is 16.3 Å². The van der Waals surface area contributed by atoms with Crippen LogP contribution in [0.15, 0.2) is 42.5 Å². The number of rotatable bonds is 4. The molecule has 0 radical (unpaired) electrons. The van der Waals surface area contributed by atoms with Crippen LogP contribution in [0.4, 0.5) is 0 Å². The van der Waals surface area contributed by atoms with Crippen molar-refractivity contribution in [3.05, 3.63) is 58.6 Å². The molecular formula is C18H22Cl2N2O2. The van der Waals surface area contributed by atoms with Gasteiger partial charge in [0, 0.05) is 37.2 Å². The summed E-state index contributed by atoms with van der Waals surface area (Å²) < 4.78 is 5.11. The second kappa shape index (κ2) is 8.58. The fourth-order valence-corrected chi connectivity index (χ4v) is 3.25. The van der Waals surface area contributed by atoms with Gasteiger partial charge in [0.1, 0.15) is 0 Å². The zero-order chi connectivity index (χ0) is 16.2. The van der Waals surface area contributed by atoms with E-state index < -0.39 is 0 Å². The molecule has 1 fully saturated rings. The number of phenolic OH excluding ortho intramolecular Hbond substituents is 1. The number of hydrogen-bond acceptors (Lipinski definition) is 4. The lowest BCUT2D eigenvalue weighted by Crippen LogP contribution is -2.45. The van der Waals surface area contributed by atoms with Crippen molar-refractivity contribution in [3.8, 4) is 11.5 Å². The van der Waals surface area contributed by atoms with Gasteiger partial charge >= 0.3 is 0 Å². The fourth-order valence-electron chi connectivity index (χ4n) is 3.05. The minimum absolute atomic E-state index is 0. The molecule has 24 heavy (non-hydrogen) atoms. The van der Waals surface area contributed by atoms with Crippen LogP contribution < -0.4 is 10.1 Å². The predicted molar refractivity (Wildman–Crippen MR) is 99.4 cm³/mol. The number of methoxy groups -OCH3 is 1. The number of benzene rings is 2. The van der Waals surface area contributed by atoms with Gasteiger partial charge < -0.3 is 15.2 Å². The van der Waals surface area contributed by atoms with Crippen molar-refractivity contribution >= 4 is 24.0 Å². The van der Waals surface area contributed by atoms with E-state index in [0.717, 1.165) is 36.8 Å². The first-order valence-electron chi connectivity index (χ1n) is 7.73. The summed E-state index contributed by atoms with van der Waals surface area (Å²) in [5.74, 6) is 0.680. The van der Waals surface area contributed by atoms with Gasteiger partial charge in [-0.2, -0.15) is 0 Å². The van der Waals surface area contributed by atoms with Crippen LogP contribution >= 0.6 is 24.0 Å². The average molecular weight is 369 g/mol. The van der Waals surface area contributed by atoms with E-state index in [9.17, 15) is 5.11 Å². The van der Waals surface area contributed by atoms with E-state index >= 15 is 0 Å². The molecule has 2 aromatic carbocycles. The Morgan fingerprint density at radius 2 is 2.12 bits per heavy atom. The minimum Gasteiger partial charge on any atom is -0.504 e. The van der Waals surface area contributed by atoms with Crippen molar-refractivity contribution in [1.82, 2.24) is 10.2 Å². The van der Waals surface area contributed by atoms with Crippen molar-refractivity contribution in [2.45, 2.75) is 12.6 Å². The Balaban J connectivity index is 0.00000208. The number of aromatic hydroxyl groups is 1. The molecule has 6 heteroatoms. The molecule has 1 unspecified atom stereocenters. The van der Waals surface area contributed by atoms with Gasteiger partial charge in [0.2, 0.25) is 0 Å². The number of piperazine rings is 1. The SMILES string of the molecule is COc1ccc(CN2CCNCC2c2cccc(Cl)c2)cc1O.Cl. The molecule has 2 aromatic rings. The van der Waals surface area contributed by atoms with E-state index in [0.29, 0.717) is 5.75 Å². The largest absolute Gasteiger partial charge is 0.504 e. The summed E-state index contributed by atoms with van der Waals surface area (Å²) in [6.07, 6.45) is 0. The van der Waals surface area contributed by atoms with Gasteiger partial charge in [0.25, 0.3) is 0 Å². The number of ether oxygens (including phenoxy) is 1. The smallest absolute Gasteiger partial charge is 0.160 e. The van der Waals surface area contributed by atoms with Gasteiger partial charge in [-0.1, -0.05) is 29.8 Å². The van der Waals surface area contributed by atoms with Gasteiger partial charge in [-0.3, -0.25) is 4.90 Å². The van der Waals surface area contributed by atoms with E-state index in [1.54, 1.807) is 19.2 Å². The quantitative estimate of drug-likeness (QED) is 0.864. The lowest BCUT2D eigenvalue weighted by atomic mass is 10.0. The van der Waals surface area contributed by atoms with Crippen molar-refractivity contribution in [1.29, 1.82) is 0 Å². The molecule has 1 saturated heterocycles. The normalized spacial score (nSPS) is 18.0. The van der Waals surface area contributed by atoms with Crippen molar-refractivity contribution in [2.24, 2.45) is 0 Å². The van der Waals surface area contributed by atoms with Crippen LogP contribution in [0.25, 0.3) is 0 Å². The van der Waals surface area contributed by atoms with Crippen LogP contribution in [0.2, 0.25) is 5.02 Å². The molecule has 1 aliphatic heterocycles. The Hall–Kier alpha value is -1.46. The monoisotopic (exact) mass is 368 g/mol. The lowest BCUT2D eigenvalue weighted by Gasteiger charge is -2.36. The van der Waals surface area contributed by atoms with Crippen LogP contribution in [0.3, 0.4) is 0 Å². The highest BCUT2D eigenvalue weighted by molar-refractivity contribution is 6.30. The summed E-state index contributed by atoms with van der Waals surface area (Å²) in [5.41, 5.74) is 2.28. The number of phenols is 1. The second-order valence-corrected chi connectivity index (χ2v) is 6.19. The molecule has 4 nitrogen and oxygen atoms in total. The van der Waals surface area contributed by atoms with Gasteiger partial charge in [-0.05, 0) is 35.4 Å². The van der Waals surface area contributed by atoms with E-state index in [1.165, 1.54) is 5.56 Å². The van der Waals surface area contributed by atoms with Crippen LogP contribution in [0, 0.1) is 0 Å². The molecule has 1 heterocycles. The maximum absolute atomic E-state index is 9.97. The first-order chi connectivity index (χ1) is 11.2. The van der Waals surface area contributed by atoms with Gasteiger partial charge in [-0.25, -0.2) is 0 Å². The first-order valence-corrected chi connectivity index (χ1v) is 8.11. The molecule has 130 valence electrons. The second-order valence-electron chi connectivity index (χ2n) is 5.75. The highest BCUT2D eigenvalue weighted by Crippen LogP contribution is 2.30. The predicted octanol–water partition coefficient (Wildman–Crippen LogP) is 3.62. The van der Waals surface area contributed by atoms with Gasteiger partial charge in [0.05, 0.1) is 7.11 Å². The number of nitrogens with one attached hydrogen (secondary N) is 1. The molecule has 1 atom stereocenters. The number of hydrogen-bond donors (Lipinski definition) is 2. The summed E-state index contributed by atoms with van der Waals surface area (Å²) in [6.45, 7) is 3.57. The fraction of sp³-hybridized carbons (Fsp3) is 0.333. The summed E-state index contributed by atoms with van der Waals surface area (Å²) >= 11 is 6.14. The maximum atomic E-state index is 9.97. The zero-order valence-electron chi connectivity index (χ0n) is 13.5. The molecule has 2 N–H and O–H groups in total. The highest BCUT2D eigenvalue weighted by atomic mass is 35.5. The molecule has 0 amide bonds. The number of halogens is 2. The molecule has 0 aliphatic carbocycles. The van der Waals surface area contributed by atoms with Crippen LogP contribution in [0.1, 0.15) is 17.2 Å². The summed E-state index contributed by atoms with van der Waals surface area (Å²) in [7, 11) is 1.56. The Morgan fingerprint density at radius 3 is 2.83 bits per heavy atom. The lowest BCUT2D eigenvalue weighted by molar-refractivity contribution is 0.153. The van der Waals surface area contributed by atoms with E-state index in [1.807, 2.05) is 24.3 Å². The van der Waals surface area contributed by atoms with Crippen LogP contribution in [0.5, 0.6) is 11.5 Å². The summed E-state index contributed by atoms with van der Waals surface area (Å²) in [6, 6.07) is 13.9. The Kier molecular flexibility index (Phi) is 6.75. The topological polar surface area (TPSA) is 44.7 Å². The summed E-state index contributed by atoms with van der Waals surface area (Å²) in [4.78, 5) is 2.41. The zero-order valence-corrected chi connectivity index (χ0v) is 15.1. The Morgan fingerprint density at radius 1 is 1.29 bits per heavy atom. The van der Waals surface area contributed by atoms with Crippen molar-refractivity contribution in [3.63, 3.8) is 0 Å². The first kappa shape index (κ1) is 18.9. The van der Waals surface area contributed by atoms with Crippen LogP contribution in [-0.4, -0.2) is 36.8 Å². The number of nitrogens with zero attached hydrogens (tertiary/aromatic N) is 1. The molecule has 1 aliphatic rings. The molecule has 0 aromatic heterocycles. The van der Waals surface area contributed by atoms with Crippen molar-refractivity contribution in [2.75, 3.05) is 26.7 Å². The molecule has 0 saturated carbocycles. The Bertz CT molecular complexity index is 682. The maximum Gasteiger partial charge on any atom is 0.160 e. The average Bonchev–Trinajstić information content (AvgIpc) is 2.55. The third-order valence-corrected chi connectivity index (χ3v) is 4.45. The molecule has 0 bridgehead atoms. The van der Waals surface area contributed by atoms with Gasteiger partial charge in [-0.15, -0.1) is 12.4 Å². The molecule has 0 spiro atoms. The van der Waals surface area contributed by atoms with Gasteiger partial charge in [0.15, 0.2) is 11.5 Å². The minimum atomic E-state index is 0. The molecule has 3 rings (SSSR count). The Labute approximate surface area is 153 Å². The standard InChI is InChI=1S/C18H21ClN2O2.ClH/c1-23-18-6-5-13(9-17(18)22)12-21-8-7-20-11-16(21)14-3-2-4-15(19)10-14;/h2-6,9-10,16,20,22H,7-8,11-12H2,1H3;1H. The van der Waals surface area contributed by atoms with E-state index in [4.69, 9.17) is 16.3 Å². The summed E-state index contributed by atoms with van der Waals surface area (Å²) in [5, 5.41) is 14.2.